The summed E-state index contributed by atoms with van der Waals surface area (Å²) in [6, 6.07) is 13.8. The lowest BCUT2D eigenvalue weighted by atomic mass is 10.2. The van der Waals surface area contributed by atoms with Gasteiger partial charge in [0.1, 0.15) is 5.82 Å². The highest BCUT2D eigenvalue weighted by Crippen LogP contribution is 2.16. The monoisotopic (exact) mass is 374 g/mol. The summed E-state index contributed by atoms with van der Waals surface area (Å²) in [6.45, 7) is 3.55. The summed E-state index contributed by atoms with van der Waals surface area (Å²) < 4.78 is 1.01. The molecule has 0 radical (unpaired) electrons. The summed E-state index contributed by atoms with van der Waals surface area (Å²) in [6.07, 6.45) is 1.80. The molecular formula is C17H19BrN4O. The van der Waals surface area contributed by atoms with Crippen LogP contribution >= 0.6 is 15.9 Å². The van der Waals surface area contributed by atoms with Gasteiger partial charge in [-0.1, -0.05) is 40.2 Å². The molecule has 0 saturated carbocycles. The lowest BCUT2D eigenvalue weighted by molar-refractivity contribution is 0.194. The maximum Gasteiger partial charge on any atom is 0.317 e. The fourth-order valence-corrected chi connectivity index (χ4v) is 3.03. The molecule has 1 aliphatic rings. The number of hydrogen-bond donors (Lipinski definition) is 1. The number of hydrogen-bond acceptors (Lipinski definition) is 3. The van der Waals surface area contributed by atoms with Crippen LogP contribution in [0.3, 0.4) is 0 Å². The van der Waals surface area contributed by atoms with Gasteiger partial charge in [-0.25, -0.2) is 9.78 Å². The number of nitrogens with zero attached hydrogens (tertiary/aromatic N) is 3. The van der Waals surface area contributed by atoms with E-state index in [2.05, 4.69) is 31.1 Å². The van der Waals surface area contributed by atoms with Crippen molar-refractivity contribution in [3.05, 3.63) is 58.7 Å². The highest BCUT2D eigenvalue weighted by Gasteiger charge is 2.21. The van der Waals surface area contributed by atoms with Crippen molar-refractivity contribution in [1.29, 1.82) is 0 Å². The van der Waals surface area contributed by atoms with Gasteiger partial charge in [0, 0.05) is 43.4 Å². The van der Waals surface area contributed by atoms with E-state index in [1.807, 2.05) is 47.4 Å². The Kier molecular flexibility index (Phi) is 5.12. The zero-order valence-corrected chi connectivity index (χ0v) is 14.4. The van der Waals surface area contributed by atoms with E-state index in [4.69, 9.17) is 0 Å². The summed E-state index contributed by atoms with van der Waals surface area (Å²) in [7, 11) is 0. The number of amides is 2. The van der Waals surface area contributed by atoms with Gasteiger partial charge in [-0.05, 0) is 23.8 Å². The van der Waals surface area contributed by atoms with Crippen molar-refractivity contribution in [3.8, 4) is 0 Å². The van der Waals surface area contributed by atoms with Crippen LogP contribution in [0.5, 0.6) is 0 Å². The fourth-order valence-electron chi connectivity index (χ4n) is 2.60. The van der Waals surface area contributed by atoms with Crippen molar-refractivity contribution in [3.63, 3.8) is 0 Å². The number of urea groups is 1. The summed E-state index contributed by atoms with van der Waals surface area (Å²) in [5.41, 5.74) is 1.08. The number of anilines is 1. The van der Waals surface area contributed by atoms with E-state index in [0.717, 1.165) is 28.9 Å². The quantitative estimate of drug-likeness (QED) is 0.898. The Morgan fingerprint density at radius 3 is 2.52 bits per heavy atom. The van der Waals surface area contributed by atoms with Gasteiger partial charge in [0.25, 0.3) is 0 Å². The van der Waals surface area contributed by atoms with Crippen LogP contribution in [0.1, 0.15) is 5.56 Å². The van der Waals surface area contributed by atoms with Crippen LogP contribution in [0, 0.1) is 0 Å². The molecule has 2 aromatic rings. The first-order valence-electron chi connectivity index (χ1n) is 7.66. The van der Waals surface area contributed by atoms with Gasteiger partial charge < -0.3 is 15.1 Å². The number of carbonyl (C=O) groups excluding carboxylic acids is 1. The first-order valence-corrected chi connectivity index (χ1v) is 8.45. The van der Waals surface area contributed by atoms with E-state index in [1.54, 1.807) is 6.20 Å². The average Bonchev–Trinajstić information content (AvgIpc) is 2.62. The largest absolute Gasteiger partial charge is 0.353 e. The van der Waals surface area contributed by atoms with Crippen LogP contribution in [-0.4, -0.2) is 42.1 Å². The second-order valence-electron chi connectivity index (χ2n) is 5.41. The van der Waals surface area contributed by atoms with Crippen LogP contribution in [0.25, 0.3) is 0 Å². The second-order valence-corrected chi connectivity index (χ2v) is 6.27. The van der Waals surface area contributed by atoms with Gasteiger partial charge in [0.05, 0.1) is 0 Å². The fraction of sp³-hybridized carbons (Fsp3) is 0.294. The molecule has 0 bridgehead atoms. The lowest BCUT2D eigenvalue weighted by Crippen LogP contribution is -2.51. The third-order valence-electron chi connectivity index (χ3n) is 3.93. The number of rotatable bonds is 3. The second kappa shape index (κ2) is 7.46. The molecule has 1 saturated heterocycles. The summed E-state index contributed by atoms with van der Waals surface area (Å²) in [5.74, 6) is 0.973. The Morgan fingerprint density at radius 1 is 1.09 bits per heavy atom. The lowest BCUT2D eigenvalue weighted by Gasteiger charge is -2.35. The normalized spacial score (nSPS) is 14.7. The summed E-state index contributed by atoms with van der Waals surface area (Å²) in [4.78, 5) is 20.7. The molecule has 1 aromatic carbocycles. The van der Waals surface area contributed by atoms with E-state index in [0.29, 0.717) is 19.6 Å². The van der Waals surface area contributed by atoms with Crippen molar-refractivity contribution in [2.24, 2.45) is 0 Å². The van der Waals surface area contributed by atoms with Gasteiger partial charge >= 0.3 is 6.03 Å². The van der Waals surface area contributed by atoms with Gasteiger partial charge in [-0.2, -0.15) is 0 Å². The van der Waals surface area contributed by atoms with E-state index in [9.17, 15) is 4.79 Å². The first kappa shape index (κ1) is 15.8. The smallest absolute Gasteiger partial charge is 0.317 e. The maximum atomic E-state index is 12.3. The van der Waals surface area contributed by atoms with E-state index in [1.165, 1.54) is 0 Å². The summed E-state index contributed by atoms with van der Waals surface area (Å²) >= 11 is 3.50. The molecule has 2 heterocycles. The average molecular weight is 375 g/mol. The standard InChI is InChI=1S/C17H19BrN4O/c18-15-6-2-1-5-14(15)13-20-17(23)22-11-9-21(10-12-22)16-7-3-4-8-19-16/h1-8H,9-13H2,(H,20,23). The minimum atomic E-state index is -0.0126. The Bertz CT molecular complexity index is 657. The molecule has 6 heteroatoms. The number of nitrogens with one attached hydrogen (secondary N) is 1. The predicted octanol–water partition coefficient (Wildman–Crippen LogP) is 2.88. The molecule has 23 heavy (non-hydrogen) atoms. The number of benzene rings is 1. The van der Waals surface area contributed by atoms with Crippen LogP contribution in [0.15, 0.2) is 53.1 Å². The van der Waals surface area contributed by atoms with Crippen LogP contribution in [0.2, 0.25) is 0 Å². The number of halogens is 1. The van der Waals surface area contributed by atoms with Crippen molar-refractivity contribution < 1.29 is 4.79 Å². The molecule has 5 nitrogen and oxygen atoms in total. The Labute approximate surface area is 144 Å². The molecule has 1 aliphatic heterocycles. The topological polar surface area (TPSA) is 48.5 Å². The van der Waals surface area contributed by atoms with Gasteiger partial charge in [-0.15, -0.1) is 0 Å². The highest BCUT2D eigenvalue weighted by molar-refractivity contribution is 9.10. The minimum absolute atomic E-state index is 0.0126. The third kappa shape index (κ3) is 4.01. The number of carbonyl (C=O) groups is 1. The molecule has 2 amide bonds. The molecule has 0 aliphatic carbocycles. The van der Waals surface area contributed by atoms with Crippen molar-refractivity contribution in [1.82, 2.24) is 15.2 Å². The molecular weight excluding hydrogens is 356 g/mol. The number of aromatic nitrogens is 1. The SMILES string of the molecule is O=C(NCc1ccccc1Br)N1CCN(c2ccccn2)CC1. The molecule has 120 valence electrons. The molecule has 0 spiro atoms. The van der Waals surface area contributed by atoms with Gasteiger partial charge in [0.15, 0.2) is 0 Å². The van der Waals surface area contributed by atoms with Crippen molar-refractivity contribution >= 4 is 27.8 Å². The molecule has 0 atom stereocenters. The van der Waals surface area contributed by atoms with Crippen LogP contribution in [-0.2, 0) is 6.54 Å². The van der Waals surface area contributed by atoms with Gasteiger partial charge in [0.2, 0.25) is 0 Å². The van der Waals surface area contributed by atoms with Gasteiger partial charge in [-0.3, -0.25) is 0 Å². The zero-order chi connectivity index (χ0) is 16.1. The number of piperazine rings is 1. The van der Waals surface area contributed by atoms with Crippen molar-refractivity contribution in [2.45, 2.75) is 6.54 Å². The van der Waals surface area contributed by atoms with Crippen LogP contribution in [0.4, 0.5) is 10.6 Å². The summed E-state index contributed by atoms with van der Waals surface area (Å²) in [5, 5.41) is 2.99. The zero-order valence-electron chi connectivity index (χ0n) is 12.8. The van der Waals surface area contributed by atoms with E-state index in [-0.39, 0.29) is 6.03 Å². The minimum Gasteiger partial charge on any atom is -0.353 e. The number of pyridine rings is 1. The Morgan fingerprint density at radius 2 is 1.83 bits per heavy atom. The van der Waals surface area contributed by atoms with E-state index >= 15 is 0 Å². The molecule has 1 aromatic heterocycles. The predicted molar refractivity (Wildman–Crippen MR) is 94.4 cm³/mol. The molecule has 0 unspecified atom stereocenters. The highest BCUT2D eigenvalue weighted by atomic mass is 79.9. The Balaban J connectivity index is 1.50. The first-order chi connectivity index (χ1) is 11.2. The maximum absolute atomic E-state index is 12.3. The molecule has 3 rings (SSSR count). The third-order valence-corrected chi connectivity index (χ3v) is 4.70. The van der Waals surface area contributed by atoms with Crippen LogP contribution < -0.4 is 10.2 Å². The van der Waals surface area contributed by atoms with E-state index < -0.39 is 0 Å². The Hall–Kier alpha value is -2.08. The molecule has 1 N–H and O–H groups in total. The van der Waals surface area contributed by atoms with Crippen molar-refractivity contribution in [2.75, 3.05) is 31.1 Å². The molecule has 1 fully saturated rings.